The molecular formula is C12H9Cl2NS. The molecule has 1 heterocycles. The summed E-state index contributed by atoms with van der Waals surface area (Å²) in [6.45, 7) is 0. The van der Waals surface area contributed by atoms with Gasteiger partial charge in [-0.15, -0.1) is 11.8 Å². The third-order valence-electron chi connectivity index (χ3n) is 2.06. The molecule has 0 bridgehead atoms. The summed E-state index contributed by atoms with van der Waals surface area (Å²) in [6.07, 6.45) is 1.77. The number of hydrogen-bond acceptors (Lipinski definition) is 2. The summed E-state index contributed by atoms with van der Waals surface area (Å²) < 4.78 is 0. The zero-order chi connectivity index (χ0) is 11.4. The van der Waals surface area contributed by atoms with Gasteiger partial charge in [-0.05, 0) is 29.8 Å². The van der Waals surface area contributed by atoms with E-state index in [4.69, 9.17) is 23.2 Å². The van der Waals surface area contributed by atoms with Crippen molar-refractivity contribution in [2.45, 2.75) is 10.8 Å². The van der Waals surface area contributed by atoms with Gasteiger partial charge in [-0.3, -0.25) is 0 Å². The molecule has 0 aliphatic heterocycles. The van der Waals surface area contributed by atoms with Crippen LogP contribution in [-0.2, 0) is 5.75 Å². The molecule has 0 N–H and O–H groups in total. The van der Waals surface area contributed by atoms with Crippen LogP contribution in [0.25, 0.3) is 0 Å². The molecule has 0 atom stereocenters. The summed E-state index contributed by atoms with van der Waals surface area (Å²) in [6, 6.07) is 11.4. The van der Waals surface area contributed by atoms with Gasteiger partial charge in [0, 0.05) is 22.0 Å². The molecule has 0 amide bonds. The fourth-order valence-corrected chi connectivity index (χ4v) is 2.85. The fourth-order valence-electron chi connectivity index (χ4n) is 1.25. The number of rotatable bonds is 3. The van der Waals surface area contributed by atoms with Crippen LogP contribution >= 0.6 is 35.0 Å². The van der Waals surface area contributed by atoms with Gasteiger partial charge in [-0.2, -0.15) is 0 Å². The van der Waals surface area contributed by atoms with Crippen molar-refractivity contribution in [1.29, 1.82) is 0 Å². The molecule has 2 rings (SSSR count). The summed E-state index contributed by atoms with van der Waals surface area (Å²) in [5, 5.41) is 2.38. The Hall–Kier alpha value is -0.700. The second-order valence-corrected chi connectivity index (χ2v) is 4.97. The first kappa shape index (κ1) is 11.8. The SMILES string of the molecule is Clc1cccc(Cl)c1CSc1ccccn1. The average molecular weight is 270 g/mol. The second kappa shape index (κ2) is 5.58. The molecule has 82 valence electrons. The monoisotopic (exact) mass is 269 g/mol. The van der Waals surface area contributed by atoms with Crippen molar-refractivity contribution in [3.8, 4) is 0 Å². The van der Waals surface area contributed by atoms with Gasteiger partial charge >= 0.3 is 0 Å². The van der Waals surface area contributed by atoms with Crippen molar-refractivity contribution >= 4 is 35.0 Å². The summed E-state index contributed by atoms with van der Waals surface area (Å²) in [5.41, 5.74) is 0.960. The van der Waals surface area contributed by atoms with E-state index in [1.54, 1.807) is 18.0 Å². The smallest absolute Gasteiger partial charge is 0.0963 e. The van der Waals surface area contributed by atoms with Gasteiger partial charge in [-0.1, -0.05) is 35.3 Å². The van der Waals surface area contributed by atoms with Crippen LogP contribution in [0.4, 0.5) is 0 Å². The molecule has 0 radical (unpaired) electrons. The Bertz CT molecular complexity index is 453. The molecule has 4 heteroatoms. The Balaban J connectivity index is 2.11. The van der Waals surface area contributed by atoms with E-state index >= 15 is 0 Å². The lowest BCUT2D eigenvalue weighted by Crippen LogP contribution is -1.85. The summed E-state index contributed by atoms with van der Waals surface area (Å²) in [5.74, 6) is 0.732. The molecule has 0 spiro atoms. The zero-order valence-electron chi connectivity index (χ0n) is 8.36. The number of thioether (sulfide) groups is 1. The average Bonchev–Trinajstić information content (AvgIpc) is 2.30. The summed E-state index contributed by atoms with van der Waals surface area (Å²) >= 11 is 13.8. The molecule has 0 aliphatic carbocycles. The van der Waals surface area contributed by atoms with Crippen molar-refractivity contribution in [1.82, 2.24) is 4.98 Å². The molecule has 1 aromatic heterocycles. The zero-order valence-corrected chi connectivity index (χ0v) is 10.7. The quantitative estimate of drug-likeness (QED) is 0.751. The van der Waals surface area contributed by atoms with Crippen LogP contribution in [0.5, 0.6) is 0 Å². The predicted molar refractivity (Wildman–Crippen MR) is 70.3 cm³/mol. The van der Waals surface area contributed by atoms with Crippen molar-refractivity contribution in [2.75, 3.05) is 0 Å². The number of hydrogen-bond donors (Lipinski definition) is 0. The van der Waals surface area contributed by atoms with E-state index in [0.717, 1.165) is 16.3 Å². The minimum absolute atomic E-state index is 0.705. The number of nitrogens with zero attached hydrogens (tertiary/aromatic N) is 1. The van der Waals surface area contributed by atoms with Crippen LogP contribution in [0.15, 0.2) is 47.6 Å². The second-order valence-electron chi connectivity index (χ2n) is 3.16. The maximum absolute atomic E-state index is 6.08. The minimum atomic E-state index is 0.705. The summed E-state index contributed by atoms with van der Waals surface area (Å²) in [4.78, 5) is 4.23. The van der Waals surface area contributed by atoms with E-state index in [0.29, 0.717) is 10.0 Å². The lowest BCUT2D eigenvalue weighted by atomic mass is 10.2. The first-order valence-electron chi connectivity index (χ1n) is 4.74. The van der Waals surface area contributed by atoms with Gasteiger partial charge < -0.3 is 0 Å². The van der Waals surface area contributed by atoms with E-state index in [1.807, 2.05) is 36.4 Å². The molecule has 0 unspecified atom stereocenters. The van der Waals surface area contributed by atoms with Gasteiger partial charge in [0.2, 0.25) is 0 Å². The molecule has 0 aliphatic rings. The maximum Gasteiger partial charge on any atom is 0.0963 e. The molecular weight excluding hydrogens is 261 g/mol. The fraction of sp³-hybridized carbons (Fsp3) is 0.0833. The molecule has 1 nitrogen and oxygen atoms in total. The highest BCUT2D eigenvalue weighted by molar-refractivity contribution is 7.98. The largest absolute Gasteiger partial charge is 0.250 e. The first-order valence-corrected chi connectivity index (χ1v) is 6.48. The van der Waals surface area contributed by atoms with E-state index < -0.39 is 0 Å². The first-order chi connectivity index (χ1) is 7.77. The van der Waals surface area contributed by atoms with Gasteiger partial charge in [0.05, 0.1) is 5.03 Å². The van der Waals surface area contributed by atoms with E-state index in [-0.39, 0.29) is 0 Å². The maximum atomic E-state index is 6.08. The van der Waals surface area contributed by atoms with Gasteiger partial charge in [-0.25, -0.2) is 4.98 Å². The minimum Gasteiger partial charge on any atom is -0.250 e. The molecule has 2 aromatic rings. The summed E-state index contributed by atoms with van der Waals surface area (Å²) in [7, 11) is 0. The lowest BCUT2D eigenvalue weighted by molar-refractivity contribution is 1.13. The Morgan fingerprint density at radius 2 is 1.75 bits per heavy atom. The van der Waals surface area contributed by atoms with Gasteiger partial charge in [0.1, 0.15) is 0 Å². The molecule has 16 heavy (non-hydrogen) atoms. The van der Waals surface area contributed by atoms with Crippen LogP contribution in [0.2, 0.25) is 10.0 Å². The normalized spacial score (nSPS) is 10.4. The van der Waals surface area contributed by atoms with Crippen molar-refractivity contribution in [3.63, 3.8) is 0 Å². The van der Waals surface area contributed by atoms with Gasteiger partial charge in [0.15, 0.2) is 0 Å². The highest BCUT2D eigenvalue weighted by atomic mass is 35.5. The molecule has 0 saturated carbocycles. The standard InChI is InChI=1S/C12H9Cl2NS/c13-10-4-3-5-11(14)9(10)8-16-12-6-1-2-7-15-12/h1-7H,8H2. The van der Waals surface area contributed by atoms with E-state index in [9.17, 15) is 0 Å². The van der Waals surface area contributed by atoms with Crippen molar-refractivity contribution < 1.29 is 0 Å². The topological polar surface area (TPSA) is 12.9 Å². The molecule has 1 aromatic carbocycles. The molecule has 0 fully saturated rings. The Morgan fingerprint density at radius 1 is 1.00 bits per heavy atom. The number of pyridine rings is 1. The third kappa shape index (κ3) is 2.91. The van der Waals surface area contributed by atoms with Crippen LogP contribution in [-0.4, -0.2) is 4.98 Å². The number of aromatic nitrogens is 1. The Morgan fingerprint density at radius 3 is 2.38 bits per heavy atom. The number of halogens is 2. The Labute approximate surface area is 109 Å². The predicted octanol–water partition coefficient (Wildman–Crippen LogP) is 4.68. The van der Waals surface area contributed by atoms with Crippen molar-refractivity contribution in [2.24, 2.45) is 0 Å². The van der Waals surface area contributed by atoms with E-state index in [2.05, 4.69) is 4.98 Å². The van der Waals surface area contributed by atoms with E-state index in [1.165, 1.54) is 0 Å². The Kier molecular flexibility index (Phi) is 4.10. The highest BCUT2D eigenvalue weighted by Crippen LogP contribution is 2.30. The molecule has 0 saturated heterocycles. The van der Waals surface area contributed by atoms with Crippen LogP contribution in [0.1, 0.15) is 5.56 Å². The van der Waals surface area contributed by atoms with Crippen LogP contribution < -0.4 is 0 Å². The van der Waals surface area contributed by atoms with Crippen LogP contribution in [0, 0.1) is 0 Å². The van der Waals surface area contributed by atoms with Gasteiger partial charge in [0.25, 0.3) is 0 Å². The van der Waals surface area contributed by atoms with Crippen molar-refractivity contribution in [3.05, 3.63) is 58.2 Å². The van der Waals surface area contributed by atoms with Crippen LogP contribution in [0.3, 0.4) is 0 Å². The highest BCUT2D eigenvalue weighted by Gasteiger charge is 2.05. The third-order valence-corrected chi connectivity index (χ3v) is 3.74. The lowest BCUT2D eigenvalue weighted by Gasteiger charge is -2.05. The number of benzene rings is 1.